The van der Waals surface area contributed by atoms with Crippen molar-refractivity contribution in [1.82, 2.24) is 14.9 Å². The van der Waals surface area contributed by atoms with E-state index in [4.69, 9.17) is 9.47 Å². The van der Waals surface area contributed by atoms with E-state index in [9.17, 15) is 4.79 Å². The van der Waals surface area contributed by atoms with Gasteiger partial charge in [0, 0.05) is 12.1 Å². The lowest BCUT2D eigenvalue weighted by molar-refractivity contribution is 0.149. The molecular formula is C17H23N3O3. The summed E-state index contributed by atoms with van der Waals surface area (Å²) in [5.74, 6) is 1.81. The summed E-state index contributed by atoms with van der Waals surface area (Å²) in [7, 11) is 3.13. The van der Waals surface area contributed by atoms with Crippen LogP contribution in [-0.4, -0.2) is 41.7 Å². The maximum absolute atomic E-state index is 12.4. The second-order valence-corrected chi connectivity index (χ2v) is 6.05. The first-order chi connectivity index (χ1) is 11.1. The van der Waals surface area contributed by atoms with Crippen molar-refractivity contribution in [3.05, 3.63) is 28.3 Å². The summed E-state index contributed by atoms with van der Waals surface area (Å²) in [6, 6.07) is 3.95. The number of hydrogen-bond acceptors (Lipinski definition) is 5. The van der Waals surface area contributed by atoms with Gasteiger partial charge in [-0.3, -0.25) is 9.69 Å². The summed E-state index contributed by atoms with van der Waals surface area (Å²) in [5.41, 5.74) is 0.488. The van der Waals surface area contributed by atoms with Gasteiger partial charge in [0.25, 0.3) is 5.56 Å². The molecular weight excluding hydrogens is 294 g/mol. The van der Waals surface area contributed by atoms with Crippen LogP contribution in [0.4, 0.5) is 0 Å². The number of H-pyrrole nitrogens is 1. The van der Waals surface area contributed by atoms with Crippen LogP contribution in [0.15, 0.2) is 16.9 Å². The fraction of sp³-hybridized carbons (Fsp3) is 0.529. The summed E-state index contributed by atoms with van der Waals surface area (Å²) in [6.07, 6.45) is 3.67. The first kappa shape index (κ1) is 15.8. The van der Waals surface area contributed by atoms with Gasteiger partial charge < -0.3 is 14.5 Å². The lowest BCUT2D eigenvalue weighted by Crippen LogP contribution is -2.37. The van der Waals surface area contributed by atoms with Crippen LogP contribution in [0.1, 0.15) is 32.0 Å². The molecule has 1 aromatic heterocycles. The Bertz CT molecular complexity index is 757. The number of aromatic nitrogens is 2. The molecule has 0 bridgehead atoms. The minimum atomic E-state index is -0.143. The van der Waals surface area contributed by atoms with E-state index in [1.165, 1.54) is 19.3 Å². The molecule has 0 radical (unpaired) electrons. The lowest BCUT2D eigenvalue weighted by Gasteiger charge is -2.32. The molecule has 1 atom stereocenters. The van der Waals surface area contributed by atoms with Crippen molar-refractivity contribution in [2.45, 2.75) is 38.8 Å². The van der Waals surface area contributed by atoms with E-state index in [0.29, 0.717) is 40.8 Å². The monoisotopic (exact) mass is 317 g/mol. The second kappa shape index (κ2) is 6.58. The molecule has 0 aliphatic carbocycles. The molecule has 23 heavy (non-hydrogen) atoms. The highest BCUT2D eigenvalue weighted by atomic mass is 16.5. The van der Waals surface area contributed by atoms with Crippen LogP contribution in [-0.2, 0) is 6.54 Å². The summed E-state index contributed by atoms with van der Waals surface area (Å²) >= 11 is 0. The van der Waals surface area contributed by atoms with E-state index in [2.05, 4.69) is 21.8 Å². The number of rotatable bonds is 4. The smallest absolute Gasteiger partial charge is 0.258 e. The molecule has 1 aliphatic rings. The minimum absolute atomic E-state index is 0.143. The molecule has 0 amide bonds. The second-order valence-electron chi connectivity index (χ2n) is 6.05. The van der Waals surface area contributed by atoms with Gasteiger partial charge in [0.15, 0.2) is 11.5 Å². The van der Waals surface area contributed by atoms with Gasteiger partial charge in [0.1, 0.15) is 5.82 Å². The van der Waals surface area contributed by atoms with Crippen LogP contribution in [0.3, 0.4) is 0 Å². The molecule has 1 N–H and O–H groups in total. The molecule has 124 valence electrons. The number of fused-ring (bicyclic) bond motifs is 1. The van der Waals surface area contributed by atoms with E-state index in [-0.39, 0.29) is 5.56 Å². The predicted molar refractivity (Wildman–Crippen MR) is 89.2 cm³/mol. The Balaban J connectivity index is 1.98. The van der Waals surface area contributed by atoms with E-state index in [1.807, 2.05) is 0 Å². The molecule has 0 unspecified atom stereocenters. The van der Waals surface area contributed by atoms with Crippen LogP contribution in [0.2, 0.25) is 0 Å². The Morgan fingerprint density at radius 3 is 2.70 bits per heavy atom. The van der Waals surface area contributed by atoms with Gasteiger partial charge in [-0.15, -0.1) is 0 Å². The highest BCUT2D eigenvalue weighted by Crippen LogP contribution is 2.30. The van der Waals surface area contributed by atoms with Crippen molar-refractivity contribution in [2.75, 3.05) is 20.8 Å². The van der Waals surface area contributed by atoms with Crippen molar-refractivity contribution < 1.29 is 9.47 Å². The largest absolute Gasteiger partial charge is 0.493 e. The Labute approximate surface area is 135 Å². The van der Waals surface area contributed by atoms with Crippen molar-refractivity contribution in [1.29, 1.82) is 0 Å². The number of benzene rings is 1. The quantitative estimate of drug-likeness (QED) is 0.937. The normalized spacial score (nSPS) is 19.0. The number of nitrogens with zero attached hydrogens (tertiary/aromatic N) is 2. The average Bonchev–Trinajstić information content (AvgIpc) is 2.56. The zero-order chi connectivity index (χ0) is 16.4. The molecule has 2 heterocycles. The minimum Gasteiger partial charge on any atom is -0.493 e. The Hall–Kier alpha value is -2.08. The predicted octanol–water partition coefficient (Wildman–Crippen LogP) is 2.31. The molecule has 0 spiro atoms. The van der Waals surface area contributed by atoms with E-state index in [1.54, 1.807) is 26.4 Å². The molecule has 6 heteroatoms. The number of aromatic amines is 1. The van der Waals surface area contributed by atoms with Gasteiger partial charge in [0.05, 0.1) is 31.7 Å². The van der Waals surface area contributed by atoms with E-state index >= 15 is 0 Å². The number of methoxy groups -OCH3 is 2. The number of nitrogens with one attached hydrogen (secondary N) is 1. The van der Waals surface area contributed by atoms with Crippen LogP contribution < -0.4 is 15.0 Å². The van der Waals surface area contributed by atoms with Crippen molar-refractivity contribution >= 4 is 10.9 Å². The molecule has 1 fully saturated rings. The van der Waals surface area contributed by atoms with Crippen molar-refractivity contribution in [3.8, 4) is 11.5 Å². The molecule has 0 saturated carbocycles. The third kappa shape index (κ3) is 3.17. The Morgan fingerprint density at radius 2 is 2.00 bits per heavy atom. The van der Waals surface area contributed by atoms with Crippen LogP contribution >= 0.6 is 0 Å². The number of ether oxygens (including phenoxy) is 2. The number of likely N-dealkylation sites (tertiary alicyclic amines) is 1. The average molecular weight is 317 g/mol. The van der Waals surface area contributed by atoms with Gasteiger partial charge in [0.2, 0.25) is 0 Å². The maximum atomic E-state index is 12.4. The van der Waals surface area contributed by atoms with Gasteiger partial charge in [-0.25, -0.2) is 4.98 Å². The SMILES string of the molecule is COc1cc2nc(CN3CCCC[C@H]3C)[nH]c(=O)c2cc1OC. The third-order valence-electron chi connectivity index (χ3n) is 4.55. The fourth-order valence-electron chi connectivity index (χ4n) is 3.17. The molecule has 1 aliphatic heterocycles. The number of hydrogen-bond donors (Lipinski definition) is 1. The van der Waals surface area contributed by atoms with Gasteiger partial charge in [-0.1, -0.05) is 6.42 Å². The van der Waals surface area contributed by atoms with Crippen molar-refractivity contribution in [2.24, 2.45) is 0 Å². The molecule has 6 nitrogen and oxygen atoms in total. The number of piperidine rings is 1. The van der Waals surface area contributed by atoms with Gasteiger partial charge >= 0.3 is 0 Å². The molecule has 3 rings (SSSR count). The van der Waals surface area contributed by atoms with Gasteiger partial charge in [-0.2, -0.15) is 0 Å². The summed E-state index contributed by atoms with van der Waals surface area (Å²) < 4.78 is 10.6. The highest BCUT2D eigenvalue weighted by Gasteiger charge is 2.19. The zero-order valence-corrected chi connectivity index (χ0v) is 13.9. The van der Waals surface area contributed by atoms with Gasteiger partial charge in [-0.05, 0) is 32.4 Å². The summed E-state index contributed by atoms with van der Waals surface area (Å²) in [6.45, 7) is 3.95. The van der Waals surface area contributed by atoms with Crippen LogP contribution in [0.25, 0.3) is 10.9 Å². The summed E-state index contributed by atoms with van der Waals surface area (Å²) in [4.78, 5) is 22.3. The standard InChI is InChI=1S/C17H23N3O3/c1-11-6-4-5-7-20(11)10-16-18-13-9-15(23-3)14(22-2)8-12(13)17(21)19-16/h8-9,11H,4-7,10H2,1-3H3,(H,18,19,21)/t11-/m1/s1. The molecule has 1 aromatic carbocycles. The topological polar surface area (TPSA) is 67.5 Å². The lowest BCUT2D eigenvalue weighted by atomic mass is 10.0. The van der Waals surface area contributed by atoms with Crippen LogP contribution in [0, 0.1) is 0 Å². The van der Waals surface area contributed by atoms with E-state index < -0.39 is 0 Å². The van der Waals surface area contributed by atoms with Crippen molar-refractivity contribution in [3.63, 3.8) is 0 Å². The first-order valence-corrected chi connectivity index (χ1v) is 8.01. The fourth-order valence-corrected chi connectivity index (χ4v) is 3.17. The first-order valence-electron chi connectivity index (χ1n) is 8.01. The van der Waals surface area contributed by atoms with Crippen LogP contribution in [0.5, 0.6) is 11.5 Å². The Kier molecular flexibility index (Phi) is 4.52. The molecule has 2 aromatic rings. The highest BCUT2D eigenvalue weighted by molar-refractivity contribution is 5.81. The zero-order valence-electron chi connectivity index (χ0n) is 13.9. The van der Waals surface area contributed by atoms with E-state index in [0.717, 1.165) is 6.54 Å². The maximum Gasteiger partial charge on any atom is 0.258 e. The Morgan fingerprint density at radius 1 is 1.26 bits per heavy atom. The molecule has 1 saturated heterocycles. The summed E-state index contributed by atoms with van der Waals surface area (Å²) in [5, 5.41) is 0.512. The third-order valence-corrected chi connectivity index (χ3v) is 4.55.